The third-order valence-corrected chi connectivity index (χ3v) is 3.87. The Balaban J connectivity index is 2.05. The number of carbonyl (C=O) groups excluding carboxylic acids is 1. The van der Waals surface area contributed by atoms with Gasteiger partial charge >= 0.3 is 0 Å². The minimum Gasteiger partial charge on any atom is -0.463 e. The van der Waals surface area contributed by atoms with E-state index in [-0.39, 0.29) is 6.04 Å². The molecule has 0 saturated heterocycles. The summed E-state index contributed by atoms with van der Waals surface area (Å²) in [5.74, 6) is 0.772. The van der Waals surface area contributed by atoms with Crippen molar-refractivity contribution in [3.05, 3.63) is 59.7 Å². The largest absolute Gasteiger partial charge is 0.463 e. The van der Waals surface area contributed by atoms with Crippen LogP contribution in [0.15, 0.2) is 48.5 Å². The molecule has 2 atom stereocenters. The fourth-order valence-electron chi connectivity index (χ4n) is 2.80. The molecule has 108 valence electrons. The molecule has 2 unspecified atom stereocenters. The summed E-state index contributed by atoms with van der Waals surface area (Å²) in [6, 6.07) is 15.8. The van der Waals surface area contributed by atoms with Crippen molar-refractivity contribution < 1.29 is 9.53 Å². The maximum absolute atomic E-state index is 11.5. The van der Waals surface area contributed by atoms with Crippen LogP contribution in [-0.4, -0.2) is 12.5 Å². The number of nitrogens with two attached hydrogens (primary N) is 1. The summed E-state index contributed by atoms with van der Waals surface area (Å²) in [4.78, 5) is 13.4. The Bertz CT molecular complexity index is 657. The monoisotopic (exact) mass is 282 g/mol. The zero-order valence-corrected chi connectivity index (χ0v) is 11.9. The highest BCUT2D eigenvalue weighted by Crippen LogP contribution is 2.38. The van der Waals surface area contributed by atoms with E-state index in [9.17, 15) is 4.79 Å². The van der Waals surface area contributed by atoms with Crippen molar-refractivity contribution in [3.8, 4) is 5.75 Å². The number of benzene rings is 2. The molecule has 0 bridgehead atoms. The van der Waals surface area contributed by atoms with E-state index < -0.39 is 6.23 Å². The lowest BCUT2D eigenvalue weighted by atomic mass is 10.0. The second kappa shape index (κ2) is 5.58. The predicted octanol–water partition coefficient (Wildman–Crippen LogP) is 2.63. The number of para-hydroxylation sites is 1. The van der Waals surface area contributed by atoms with Gasteiger partial charge in [-0.25, -0.2) is 0 Å². The average molecular weight is 282 g/mol. The van der Waals surface area contributed by atoms with E-state index >= 15 is 0 Å². The van der Waals surface area contributed by atoms with Crippen LogP contribution < -0.4 is 15.4 Å². The molecule has 0 aromatic heterocycles. The second-order valence-electron chi connectivity index (χ2n) is 5.14. The summed E-state index contributed by atoms with van der Waals surface area (Å²) in [6.07, 6.45) is 0.213. The molecular formula is C17H18N2O2. The van der Waals surface area contributed by atoms with Gasteiger partial charge in [0.1, 0.15) is 5.75 Å². The van der Waals surface area contributed by atoms with Crippen LogP contribution in [-0.2, 0) is 11.3 Å². The van der Waals surface area contributed by atoms with Crippen LogP contribution in [0.2, 0.25) is 0 Å². The van der Waals surface area contributed by atoms with Crippen molar-refractivity contribution in [1.82, 2.24) is 0 Å². The number of hydrogen-bond acceptors (Lipinski definition) is 4. The Labute approximate surface area is 124 Å². The molecule has 0 saturated carbocycles. The van der Waals surface area contributed by atoms with E-state index in [1.165, 1.54) is 0 Å². The van der Waals surface area contributed by atoms with Crippen molar-refractivity contribution >= 4 is 12.0 Å². The van der Waals surface area contributed by atoms with E-state index in [1.807, 2.05) is 53.4 Å². The van der Waals surface area contributed by atoms with Crippen molar-refractivity contribution in [2.24, 2.45) is 5.73 Å². The SMILES string of the molecule is CC1c2ccccc2OC(C=O)N1c1cccc(CN)c1. The van der Waals surface area contributed by atoms with E-state index in [2.05, 4.69) is 6.92 Å². The summed E-state index contributed by atoms with van der Waals surface area (Å²) in [6.45, 7) is 2.55. The Morgan fingerprint density at radius 2 is 2.05 bits per heavy atom. The van der Waals surface area contributed by atoms with Crippen molar-refractivity contribution in [2.45, 2.75) is 25.7 Å². The van der Waals surface area contributed by atoms with E-state index in [0.29, 0.717) is 6.54 Å². The molecule has 0 amide bonds. The summed E-state index contributed by atoms with van der Waals surface area (Å²) in [7, 11) is 0. The lowest BCUT2D eigenvalue weighted by Crippen LogP contribution is -2.46. The van der Waals surface area contributed by atoms with Gasteiger partial charge in [0.25, 0.3) is 0 Å². The highest BCUT2D eigenvalue weighted by molar-refractivity contribution is 5.68. The van der Waals surface area contributed by atoms with Gasteiger partial charge in [0, 0.05) is 17.8 Å². The van der Waals surface area contributed by atoms with Gasteiger partial charge in [0.15, 0.2) is 6.29 Å². The lowest BCUT2D eigenvalue weighted by molar-refractivity contribution is -0.114. The summed E-state index contributed by atoms with van der Waals surface area (Å²) in [5, 5.41) is 0. The first-order chi connectivity index (χ1) is 10.2. The molecule has 0 aliphatic carbocycles. The molecule has 1 aliphatic heterocycles. The standard InChI is InChI=1S/C17H18N2O2/c1-12-15-7-2-3-8-16(15)21-17(11-20)19(12)14-6-4-5-13(9-14)10-18/h2-9,11-12,17H,10,18H2,1H3. The van der Waals surface area contributed by atoms with E-state index in [4.69, 9.17) is 10.5 Å². The minimum atomic E-state index is -0.622. The predicted molar refractivity (Wildman–Crippen MR) is 82.1 cm³/mol. The maximum Gasteiger partial charge on any atom is 0.229 e. The van der Waals surface area contributed by atoms with Gasteiger partial charge in [-0.1, -0.05) is 30.3 Å². The highest BCUT2D eigenvalue weighted by Gasteiger charge is 2.32. The van der Waals surface area contributed by atoms with Crippen LogP contribution in [0.3, 0.4) is 0 Å². The lowest BCUT2D eigenvalue weighted by Gasteiger charge is -2.40. The van der Waals surface area contributed by atoms with Crippen molar-refractivity contribution in [3.63, 3.8) is 0 Å². The minimum absolute atomic E-state index is 0.0539. The normalized spacial score (nSPS) is 20.6. The topological polar surface area (TPSA) is 55.6 Å². The zero-order chi connectivity index (χ0) is 14.8. The first-order valence-electron chi connectivity index (χ1n) is 7.03. The molecule has 2 N–H and O–H groups in total. The number of fused-ring (bicyclic) bond motifs is 1. The van der Waals surface area contributed by atoms with Gasteiger partial charge in [-0.3, -0.25) is 4.79 Å². The molecule has 0 fully saturated rings. The molecule has 3 rings (SSSR count). The third kappa shape index (κ3) is 2.38. The molecule has 4 nitrogen and oxygen atoms in total. The number of carbonyl (C=O) groups is 1. The number of rotatable bonds is 3. The quantitative estimate of drug-likeness (QED) is 0.879. The Morgan fingerprint density at radius 3 is 2.81 bits per heavy atom. The molecular weight excluding hydrogens is 264 g/mol. The Kier molecular flexibility index (Phi) is 3.62. The molecule has 1 aliphatic rings. The maximum atomic E-state index is 11.5. The summed E-state index contributed by atoms with van der Waals surface area (Å²) < 4.78 is 5.82. The number of aldehydes is 1. The van der Waals surface area contributed by atoms with Gasteiger partial charge < -0.3 is 15.4 Å². The van der Waals surface area contributed by atoms with E-state index in [1.54, 1.807) is 0 Å². The van der Waals surface area contributed by atoms with Gasteiger partial charge in [-0.2, -0.15) is 0 Å². The highest BCUT2D eigenvalue weighted by atomic mass is 16.5. The number of anilines is 1. The summed E-state index contributed by atoms with van der Waals surface area (Å²) >= 11 is 0. The molecule has 2 aromatic rings. The molecule has 1 heterocycles. The van der Waals surface area contributed by atoms with Gasteiger partial charge in [-0.15, -0.1) is 0 Å². The fraction of sp³-hybridized carbons (Fsp3) is 0.235. The van der Waals surface area contributed by atoms with Gasteiger partial charge in [-0.05, 0) is 30.7 Å². The third-order valence-electron chi connectivity index (χ3n) is 3.87. The fourth-order valence-corrected chi connectivity index (χ4v) is 2.80. The van der Waals surface area contributed by atoms with Crippen LogP contribution in [0.25, 0.3) is 0 Å². The number of hydrogen-bond donors (Lipinski definition) is 1. The van der Waals surface area contributed by atoms with Gasteiger partial charge in [0.2, 0.25) is 6.23 Å². The molecule has 4 heteroatoms. The van der Waals surface area contributed by atoms with Crippen LogP contribution >= 0.6 is 0 Å². The van der Waals surface area contributed by atoms with Gasteiger partial charge in [0.05, 0.1) is 6.04 Å². The molecule has 21 heavy (non-hydrogen) atoms. The first-order valence-corrected chi connectivity index (χ1v) is 7.03. The van der Waals surface area contributed by atoms with Crippen molar-refractivity contribution in [1.29, 1.82) is 0 Å². The average Bonchev–Trinajstić information content (AvgIpc) is 2.54. The number of nitrogens with zero attached hydrogens (tertiary/aromatic N) is 1. The molecule has 0 radical (unpaired) electrons. The smallest absolute Gasteiger partial charge is 0.229 e. The Hall–Kier alpha value is -2.33. The zero-order valence-electron chi connectivity index (χ0n) is 11.9. The van der Waals surface area contributed by atoms with Crippen LogP contribution in [0.5, 0.6) is 5.75 Å². The van der Waals surface area contributed by atoms with Crippen LogP contribution in [0.1, 0.15) is 24.1 Å². The first kappa shape index (κ1) is 13.6. The van der Waals surface area contributed by atoms with E-state index in [0.717, 1.165) is 28.8 Å². The molecule has 0 spiro atoms. The van der Waals surface area contributed by atoms with Crippen LogP contribution in [0.4, 0.5) is 5.69 Å². The number of ether oxygens (including phenoxy) is 1. The second-order valence-corrected chi connectivity index (χ2v) is 5.14. The Morgan fingerprint density at radius 1 is 1.24 bits per heavy atom. The van der Waals surface area contributed by atoms with Crippen molar-refractivity contribution in [2.75, 3.05) is 4.90 Å². The summed E-state index contributed by atoms with van der Waals surface area (Å²) in [5.41, 5.74) is 8.76. The molecule has 2 aromatic carbocycles. The van der Waals surface area contributed by atoms with Crippen LogP contribution in [0, 0.1) is 0 Å².